The third-order valence-electron chi connectivity index (χ3n) is 2.26. The van der Waals surface area contributed by atoms with Crippen molar-refractivity contribution in [1.29, 1.82) is 0 Å². The van der Waals surface area contributed by atoms with Crippen LogP contribution in [0.1, 0.15) is 6.92 Å². The van der Waals surface area contributed by atoms with Crippen LogP contribution in [0.15, 0.2) is 24.3 Å². The second kappa shape index (κ2) is 5.24. The third-order valence-corrected chi connectivity index (χ3v) is 2.26. The highest BCUT2D eigenvalue weighted by molar-refractivity contribution is 5.98. The molecule has 1 rings (SSSR count). The maximum Gasteiger partial charge on any atom is 0.384 e. The largest absolute Gasteiger partial charge is 0.508 e. The second-order valence-corrected chi connectivity index (χ2v) is 3.49. The summed E-state index contributed by atoms with van der Waals surface area (Å²) in [6, 6.07) is 4.90. The van der Waals surface area contributed by atoms with Gasteiger partial charge in [-0.1, -0.05) is 6.07 Å². The summed E-state index contributed by atoms with van der Waals surface area (Å²) in [5.41, 5.74) is -0.0668. The lowest BCUT2D eigenvalue weighted by molar-refractivity contribution is -0.166. The van der Waals surface area contributed by atoms with Gasteiger partial charge in [0, 0.05) is 18.3 Å². The molecular formula is C11H11F4NO2. The molecule has 100 valence electrons. The van der Waals surface area contributed by atoms with Crippen LogP contribution >= 0.6 is 0 Å². The van der Waals surface area contributed by atoms with Gasteiger partial charge >= 0.3 is 18.3 Å². The van der Waals surface area contributed by atoms with Crippen LogP contribution in [0, 0.1) is 0 Å². The molecule has 0 saturated heterocycles. The number of hydrogen-bond acceptors (Lipinski definition) is 2. The minimum atomic E-state index is -4.75. The number of hydrogen-bond donors (Lipinski definition) is 1. The number of phenols is 1. The van der Waals surface area contributed by atoms with Crippen molar-refractivity contribution in [3.8, 4) is 5.75 Å². The van der Waals surface area contributed by atoms with Crippen LogP contribution in [0.4, 0.5) is 23.2 Å². The molecule has 0 spiro atoms. The van der Waals surface area contributed by atoms with Gasteiger partial charge < -0.3 is 10.0 Å². The number of carbonyl (C=O) groups is 1. The summed E-state index contributed by atoms with van der Waals surface area (Å²) in [5, 5.41) is 9.18. The summed E-state index contributed by atoms with van der Waals surface area (Å²) in [6.07, 6.45) is -4.07. The minimum Gasteiger partial charge on any atom is -0.508 e. The number of carbonyl (C=O) groups excluding carboxylic acids is 1. The van der Waals surface area contributed by atoms with E-state index in [1.54, 1.807) is 0 Å². The molecule has 1 aromatic rings. The van der Waals surface area contributed by atoms with Crippen LogP contribution in [0.3, 0.4) is 0 Å². The van der Waals surface area contributed by atoms with Gasteiger partial charge in [0.05, 0.1) is 0 Å². The summed E-state index contributed by atoms with van der Waals surface area (Å²) in [6.45, 7) is 1.15. The first-order valence-electron chi connectivity index (χ1n) is 5.07. The zero-order valence-electron chi connectivity index (χ0n) is 9.41. The Balaban J connectivity index is 3.08. The Labute approximate surface area is 101 Å². The van der Waals surface area contributed by atoms with E-state index in [0.717, 1.165) is 6.07 Å². The van der Waals surface area contributed by atoms with E-state index < -0.39 is 18.3 Å². The van der Waals surface area contributed by atoms with Crippen LogP contribution < -0.4 is 4.90 Å². The topological polar surface area (TPSA) is 40.5 Å². The number of rotatable bonds is 4. The van der Waals surface area contributed by atoms with Crippen molar-refractivity contribution in [1.82, 2.24) is 0 Å². The van der Waals surface area contributed by atoms with E-state index in [1.165, 1.54) is 25.1 Å². The highest BCUT2D eigenvalue weighted by Crippen LogP contribution is 2.29. The highest BCUT2D eigenvalue weighted by Gasteiger charge is 2.51. The van der Waals surface area contributed by atoms with E-state index in [9.17, 15) is 27.5 Å². The first-order chi connectivity index (χ1) is 8.30. The van der Waals surface area contributed by atoms with Crippen molar-refractivity contribution in [2.24, 2.45) is 0 Å². The smallest absolute Gasteiger partial charge is 0.384 e. The van der Waals surface area contributed by atoms with Gasteiger partial charge in [-0.15, -0.1) is 0 Å². The average molecular weight is 265 g/mol. The number of anilines is 1. The number of alkyl halides is 4. The van der Waals surface area contributed by atoms with Crippen LogP contribution in [-0.2, 0) is 4.79 Å². The Kier molecular flexibility index (Phi) is 4.15. The number of aromatic hydroxyl groups is 1. The predicted octanol–water partition coefficient (Wildman–Crippen LogP) is 2.65. The molecular weight excluding hydrogens is 254 g/mol. The lowest BCUT2D eigenvalue weighted by Crippen LogP contribution is -2.47. The molecule has 0 saturated carbocycles. The standard InChI is InChI=1S/C11H11F4NO2/c1-2-16(7-4-3-5-8(17)6-7)10(18)11(14,15)9(12)13/h3-6,9,17H,2H2,1H3. The number of benzene rings is 1. The summed E-state index contributed by atoms with van der Waals surface area (Å²) < 4.78 is 50.1. The number of halogens is 4. The van der Waals surface area contributed by atoms with Gasteiger partial charge in [-0.2, -0.15) is 8.78 Å². The Bertz CT molecular complexity index is 437. The van der Waals surface area contributed by atoms with Crippen molar-refractivity contribution >= 4 is 11.6 Å². The number of amides is 1. The second-order valence-electron chi connectivity index (χ2n) is 3.49. The Morgan fingerprint density at radius 1 is 1.44 bits per heavy atom. The van der Waals surface area contributed by atoms with Gasteiger partial charge in [0.25, 0.3) is 0 Å². The Morgan fingerprint density at radius 3 is 2.50 bits per heavy atom. The van der Waals surface area contributed by atoms with Crippen molar-refractivity contribution in [2.45, 2.75) is 19.3 Å². The first-order valence-corrected chi connectivity index (χ1v) is 5.07. The van der Waals surface area contributed by atoms with E-state index in [-0.39, 0.29) is 18.0 Å². The third kappa shape index (κ3) is 2.72. The zero-order chi connectivity index (χ0) is 13.9. The van der Waals surface area contributed by atoms with Crippen LogP contribution in [0.25, 0.3) is 0 Å². The molecule has 0 aliphatic heterocycles. The number of nitrogens with zero attached hydrogens (tertiary/aromatic N) is 1. The maximum atomic E-state index is 13.0. The molecule has 0 fully saturated rings. The molecule has 1 amide bonds. The van der Waals surface area contributed by atoms with Crippen molar-refractivity contribution in [3.63, 3.8) is 0 Å². The molecule has 1 aromatic carbocycles. The molecule has 0 unspecified atom stereocenters. The van der Waals surface area contributed by atoms with Crippen LogP contribution in [-0.4, -0.2) is 29.9 Å². The van der Waals surface area contributed by atoms with Crippen LogP contribution in [0.2, 0.25) is 0 Å². The monoisotopic (exact) mass is 265 g/mol. The molecule has 0 aromatic heterocycles. The molecule has 7 heteroatoms. The van der Waals surface area contributed by atoms with Gasteiger partial charge in [0.1, 0.15) is 5.75 Å². The van der Waals surface area contributed by atoms with E-state index in [4.69, 9.17) is 0 Å². The van der Waals surface area contributed by atoms with Crippen molar-refractivity contribution < 1.29 is 27.5 Å². The lowest BCUT2D eigenvalue weighted by atomic mass is 10.2. The average Bonchev–Trinajstić information content (AvgIpc) is 2.29. The summed E-state index contributed by atoms with van der Waals surface area (Å²) in [4.78, 5) is 11.9. The molecule has 0 radical (unpaired) electrons. The zero-order valence-corrected chi connectivity index (χ0v) is 9.41. The van der Waals surface area contributed by atoms with E-state index >= 15 is 0 Å². The van der Waals surface area contributed by atoms with E-state index in [2.05, 4.69) is 0 Å². The fraction of sp³-hybridized carbons (Fsp3) is 0.364. The van der Waals surface area contributed by atoms with Gasteiger partial charge in [-0.25, -0.2) is 8.78 Å². The fourth-order valence-electron chi connectivity index (χ4n) is 1.38. The Morgan fingerprint density at radius 2 is 2.06 bits per heavy atom. The highest BCUT2D eigenvalue weighted by atomic mass is 19.3. The normalized spacial score (nSPS) is 11.7. The summed E-state index contributed by atoms with van der Waals surface area (Å²) in [7, 11) is 0. The molecule has 0 aliphatic rings. The van der Waals surface area contributed by atoms with Crippen molar-refractivity contribution in [3.05, 3.63) is 24.3 Å². The molecule has 1 N–H and O–H groups in total. The molecule has 0 aliphatic carbocycles. The van der Waals surface area contributed by atoms with Crippen LogP contribution in [0.5, 0.6) is 5.75 Å². The molecule has 0 heterocycles. The van der Waals surface area contributed by atoms with Gasteiger partial charge in [-0.05, 0) is 19.1 Å². The minimum absolute atomic E-state index is 0.0668. The molecule has 18 heavy (non-hydrogen) atoms. The molecule has 3 nitrogen and oxygen atoms in total. The van der Waals surface area contributed by atoms with Gasteiger partial charge in [0.15, 0.2) is 0 Å². The lowest BCUT2D eigenvalue weighted by Gasteiger charge is -2.25. The maximum absolute atomic E-state index is 13.0. The van der Waals surface area contributed by atoms with E-state index in [0.29, 0.717) is 4.90 Å². The molecule has 0 atom stereocenters. The predicted molar refractivity (Wildman–Crippen MR) is 57.1 cm³/mol. The number of phenolic OH excluding ortho intramolecular Hbond substituents is 1. The first kappa shape index (κ1) is 14.3. The van der Waals surface area contributed by atoms with Gasteiger partial charge in [-0.3, -0.25) is 4.79 Å². The fourth-order valence-corrected chi connectivity index (χ4v) is 1.38. The summed E-state index contributed by atoms with van der Waals surface area (Å²) >= 11 is 0. The van der Waals surface area contributed by atoms with Crippen molar-refractivity contribution in [2.75, 3.05) is 11.4 Å². The van der Waals surface area contributed by atoms with E-state index in [1.807, 2.05) is 0 Å². The van der Waals surface area contributed by atoms with Gasteiger partial charge in [0.2, 0.25) is 0 Å². The Hall–Kier alpha value is -1.79. The quantitative estimate of drug-likeness (QED) is 0.850. The molecule has 0 bridgehead atoms. The SMILES string of the molecule is CCN(C(=O)C(F)(F)C(F)F)c1cccc(O)c1. The summed E-state index contributed by atoms with van der Waals surface area (Å²) in [5.74, 6) is -6.99.